The quantitative estimate of drug-likeness (QED) is 0.169. The van der Waals surface area contributed by atoms with Crippen molar-refractivity contribution in [3.8, 4) is 11.1 Å². The fourth-order valence-electron chi connectivity index (χ4n) is 9.06. The van der Waals surface area contributed by atoms with E-state index in [1.807, 2.05) is 0 Å². The summed E-state index contributed by atoms with van der Waals surface area (Å²) in [6, 6.07) is 59.7. The Kier molecular flexibility index (Phi) is 9.71. The van der Waals surface area contributed by atoms with E-state index in [0.29, 0.717) is 3.63 Å². The van der Waals surface area contributed by atoms with Crippen molar-refractivity contribution in [2.24, 2.45) is 0 Å². The fraction of sp³-hybridized carbons (Fsp3) is 0.0816. The molecule has 0 fully saturated rings. The van der Waals surface area contributed by atoms with Crippen molar-refractivity contribution in [2.45, 2.75) is 22.9 Å². The fourth-order valence-corrected chi connectivity index (χ4v) is 18.3. The first-order valence-electron chi connectivity index (χ1n) is 17.9. The molecule has 8 aromatic rings. The van der Waals surface area contributed by atoms with Crippen LogP contribution in [0.15, 0.2) is 179 Å². The largest absolute Gasteiger partial charge is 1.00 e. The van der Waals surface area contributed by atoms with Crippen molar-refractivity contribution in [3.05, 3.63) is 201 Å². The van der Waals surface area contributed by atoms with Gasteiger partial charge in [-0.15, -0.1) is 0 Å². The second-order valence-corrected chi connectivity index (χ2v) is 20.6. The molecule has 10 rings (SSSR count). The van der Waals surface area contributed by atoms with E-state index in [0.717, 1.165) is 19.3 Å². The average Bonchev–Trinajstić information content (AvgIpc) is 3.83. The third kappa shape index (κ3) is 5.75. The van der Waals surface area contributed by atoms with E-state index in [1.165, 1.54) is 65.3 Å². The van der Waals surface area contributed by atoms with Crippen LogP contribution < -0.4 is 24.8 Å². The number of halogens is 2. The van der Waals surface area contributed by atoms with Crippen LogP contribution in [0.3, 0.4) is 0 Å². The summed E-state index contributed by atoms with van der Waals surface area (Å²) in [5, 5.41) is 11.0. The standard InChI is InChI=1S/C23H18.C21H13.C5H5.2ClH.Zr/c1-3-16-22-18(8-1)10-5-12-20(22)14-7-15-21-13-6-11-19-9-2-4-17-23(19)21;1-2-8-15-14(7-1)13-20-18-11-4-3-9-16(18)17-10-5-6-12-19(17)21(15)20;1-2-4-5-3-1;;;/h1-6,8-13,16-17H,14-15H2;1-13H;1-3H,4H2;2*1H;/q;;;;;+2/p-2. The first kappa shape index (κ1) is 34.7. The van der Waals surface area contributed by atoms with Gasteiger partial charge in [-0.25, -0.2) is 0 Å². The number of hydrogen-bond donors (Lipinski definition) is 0. The molecule has 0 N–H and O–H groups in total. The molecule has 52 heavy (non-hydrogen) atoms. The molecule has 0 bridgehead atoms. The zero-order chi connectivity index (χ0) is 33.0. The van der Waals surface area contributed by atoms with Gasteiger partial charge in [0.15, 0.2) is 0 Å². The third-order valence-electron chi connectivity index (χ3n) is 11.2. The monoisotopic (exact) mass is 784 g/mol. The van der Waals surface area contributed by atoms with Crippen molar-refractivity contribution in [1.29, 1.82) is 0 Å². The van der Waals surface area contributed by atoms with Crippen LogP contribution in [0.5, 0.6) is 0 Å². The Labute approximate surface area is 325 Å². The summed E-state index contributed by atoms with van der Waals surface area (Å²) in [6.07, 6.45) is 10.4. The molecule has 0 amide bonds. The summed E-state index contributed by atoms with van der Waals surface area (Å²) in [5.74, 6) is 0. The minimum Gasteiger partial charge on any atom is -1.00 e. The van der Waals surface area contributed by atoms with Crippen LogP contribution in [0.2, 0.25) is 0 Å². The molecular formula is C49H36Cl2Zr. The predicted molar refractivity (Wildman–Crippen MR) is 211 cm³/mol. The number of rotatable bonds is 6. The summed E-state index contributed by atoms with van der Waals surface area (Å²) in [4.78, 5) is 0. The molecule has 0 heterocycles. The Hall–Kier alpha value is -4.39. The van der Waals surface area contributed by atoms with Crippen LogP contribution in [-0.2, 0) is 34.1 Å². The number of benzene rings is 8. The molecule has 0 nitrogen and oxygen atoms in total. The van der Waals surface area contributed by atoms with Crippen LogP contribution in [0.25, 0.3) is 54.2 Å². The van der Waals surface area contributed by atoms with Gasteiger partial charge in [-0.05, 0) is 0 Å². The van der Waals surface area contributed by atoms with Gasteiger partial charge in [-0.1, -0.05) is 0 Å². The average molecular weight is 787 g/mol. The van der Waals surface area contributed by atoms with Gasteiger partial charge in [-0.2, -0.15) is 0 Å². The molecule has 8 aromatic carbocycles. The third-order valence-corrected chi connectivity index (χ3v) is 19.4. The number of hydrogen-bond acceptors (Lipinski definition) is 0. The maximum Gasteiger partial charge on any atom is -1.00 e. The molecule has 3 heteroatoms. The molecule has 1 atom stereocenters. The summed E-state index contributed by atoms with van der Waals surface area (Å²) < 4.78 is 3.89. The molecule has 0 radical (unpaired) electrons. The molecule has 2 aliphatic rings. The molecule has 250 valence electrons. The van der Waals surface area contributed by atoms with E-state index in [-0.39, 0.29) is 24.8 Å². The van der Waals surface area contributed by atoms with Gasteiger partial charge >= 0.3 is 303 Å². The van der Waals surface area contributed by atoms with E-state index in [1.54, 1.807) is 17.6 Å². The first-order chi connectivity index (χ1) is 24.8. The van der Waals surface area contributed by atoms with Gasteiger partial charge in [0.25, 0.3) is 0 Å². The van der Waals surface area contributed by atoms with Gasteiger partial charge in [0.2, 0.25) is 0 Å². The Morgan fingerprint density at radius 1 is 0.500 bits per heavy atom. The maximum absolute atomic E-state index is 2.78. The molecule has 0 aliphatic heterocycles. The first-order valence-corrected chi connectivity index (χ1v) is 21.7. The predicted octanol–water partition coefficient (Wildman–Crippen LogP) is 6.50. The SMILES string of the molecule is C1=CC[C]([Zr+2](=[C](Cc2cccc3ccccc23)Cc2cccc3ccccc23)[CH]2c3ccccc3-c3c2c2ccccc2c2ccccc32)=C1.[Cl-].[Cl-]. The van der Waals surface area contributed by atoms with Gasteiger partial charge in [0.05, 0.1) is 0 Å². The summed E-state index contributed by atoms with van der Waals surface area (Å²) in [7, 11) is 0. The van der Waals surface area contributed by atoms with Crippen LogP contribution in [0.1, 0.15) is 32.3 Å². The number of fused-ring (bicyclic) bond motifs is 10. The van der Waals surface area contributed by atoms with E-state index in [2.05, 4.69) is 176 Å². The Morgan fingerprint density at radius 3 is 1.62 bits per heavy atom. The maximum atomic E-state index is 2.52. The van der Waals surface area contributed by atoms with Crippen molar-refractivity contribution in [2.75, 3.05) is 0 Å². The molecule has 0 spiro atoms. The Balaban J connectivity index is 0.00000193. The molecule has 0 aromatic heterocycles. The van der Waals surface area contributed by atoms with Crippen molar-refractivity contribution >= 4 is 46.3 Å². The minimum absolute atomic E-state index is 0. The van der Waals surface area contributed by atoms with Crippen molar-refractivity contribution < 1.29 is 46.1 Å². The summed E-state index contributed by atoms with van der Waals surface area (Å²) in [5.41, 5.74) is 8.94. The number of allylic oxidation sites excluding steroid dienone is 4. The van der Waals surface area contributed by atoms with Gasteiger partial charge in [0, 0.05) is 0 Å². The van der Waals surface area contributed by atoms with Gasteiger partial charge in [-0.3, -0.25) is 0 Å². The summed E-state index contributed by atoms with van der Waals surface area (Å²) in [6.45, 7) is 0. The van der Waals surface area contributed by atoms with Crippen LogP contribution in [-0.4, -0.2) is 3.21 Å². The van der Waals surface area contributed by atoms with Crippen LogP contribution in [0.4, 0.5) is 0 Å². The van der Waals surface area contributed by atoms with E-state index >= 15 is 0 Å². The minimum atomic E-state index is -2.78. The Morgan fingerprint density at radius 2 is 1.00 bits per heavy atom. The zero-order valence-electron chi connectivity index (χ0n) is 28.7. The van der Waals surface area contributed by atoms with Crippen molar-refractivity contribution in [1.82, 2.24) is 0 Å². The summed E-state index contributed by atoms with van der Waals surface area (Å²) >= 11 is -2.78. The van der Waals surface area contributed by atoms with E-state index in [4.69, 9.17) is 0 Å². The van der Waals surface area contributed by atoms with Gasteiger partial charge < -0.3 is 24.8 Å². The zero-order valence-corrected chi connectivity index (χ0v) is 32.7. The van der Waals surface area contributed by atoms with Crippen LogP contribution in [0, 0.1) is 0 Å². The second-order valence-electron chi connectivity index (χ2n) is 13.9. The Bertz CT molecular complexity index is 2660. The normalized spacial score (nSPS) is 14.0. The van der Waals surface area contributed by atoms with E-state index in [9.17, 15) is 0 Å². The second kappa shape index (κ2) is 14.6. The van der Waals surface area contributed by atoms with Gasteiger partial charge in [0.1, 0.15) is 0 Å². The molecule has 0 saturated heterocycles. The van der Waals surface area contributed by atoms with E-state index < -0.39 is 21.3 Å². The molecule has 1 unspecified atom stereocenters. The van der Waals surface area contributed by atoms with Crippen molar-refractivity contribution in [3.63, 3.8) is 0 Å². The topological polar surface area (TPSA) is 0 Å². The van der Waals surface area contributed by atoms with Crippen LogP contribution >= 0.6 is 0 Å². The smallest absolute Gasteiger partial charge is 1.00 e. The molecular weight excluding hydrogens is 751 g/mol. The molecule has 2 aliphatic carbocycles. The molecule has 0 saturated carbocycles.